The van der Waals surface area contributed by atoms with Gasteiger partial charge in [-0.25, -0.2) is 9.78 Å². The number of carboxylic acid groups (broad SMARTS) is 1. The van der Waals surface area contributed by atoms with Crippen molar-refractivity contribution in [3.63, 3.8) is 0 Å². The molecule has 0 unspecified atom stereocenters. The highest BCUT2D eigenvalue weighted by molar-refractivity contribution is 5.91. The number of benzene rings is 2. The van der Waals surface area contributed by atoms with Crippen LogP contribution in [0.3, 0.4) is 0 Å². The van der Waals surface area contributed by atoms with Gasteiger partial charge < -0.3 is 14.8 Å². The number of ether oxygens (including phenoxy) is 1. The molecule has 0 spiro atoms. The fraction of sp³-hybridized carbons (Fsp3) is 0.0556. The molecule has 0 atom stereocenters. The normalized spacial score (nSPS) is 11.2. The van der Waals surface area contributed by atoms with E-state index < -0.39 is 12.6 Å². The van der Waals surface area contributed by atoms with Gasteiger partial charge in [0.15, 0.2) is 6.61 Å². The number of nitrogens with zero attached hydrogens (tertiary/aromatic N) is 2. The van der Waals surface area contributed by atoms with Crippen LogP contribution < -0.4 is 4.74 Å². The molecule has 6 heteroatoms. The minimum atomic E-state index is -1.06. The maximum absolute atomic E-state index is 10.7. The Bertz CT molecular complexity index is 934. The van der Waals surface area contributed by atoms with Crippen molar-refractivity contribution >= 4 is 28.7 Å². The number of hydrogen-bond acceptors (Lipinski definition) is 4. The quantitative estimate of drug-likeness (QED) is 0.704. The van der Waals surface area contributed by atoms with Crippen LogP contribution in [-0.2, 0) is 4.79 Å². The Labute approximate surface area is 137 Å². The Hall–Kier alpha value is -3.59. The number of rotatable bonds is 5. The highest BCUT2D eigenvalue weighted by atomic mass is 16.5. The molecular formula is C18H13N3O3. The summed E-state index contributed by atoms with van der Waals surface area (Å²) in [6.07, 6.45) is 1.62. The van der Waals surface area contributed by atoms with E-state index in [-0.39, 0.29) is 0 Å². The number of H-pyrrole nitrogens is 1. The molecule has 0 bridgehead atoms. The molecular weight excluding hydrogens is 306 g/mol. The largest absolute Gasteiger partial charge is 0.481 e. The van der Waals surface area contributed by atoms with Crippen LogP contribution in [0.25, 0.3) is 22.7 Å². The average molecular weight is 319 g/mol. The number of nitrogens with one attached hydrogen (secondary N) is 1. The third-order valence-electron chi connectivity index (χ3n) is 3.33. The minimum absolute atomic E-state index is 0.331. The van der Waals surface area contributed by atoms with Crippen molar-refractivity contribution in [2.24, 2.45) is 0 Å². The standard InChI is InChI=1S/C18H13N3O3/c19-10-13(18-20-14-6-2-3-7-15(14)21-18)9-12-5-1-4-8-16(12)24-11-17(22)23/h1-9H,11H2,(H,20,21)(H,22,23)/b13-9+. The summed E-state index contributed by atoms with van der Waals surface area (Å²) < 4.78 is 5.25. The second kappa shape index (κ2) is 6.67. The van der Waals surface area contributed by atoms with Gasteiger partial charge in [-0.3, -0.25) is 0 Å². The predicted molar refractivity (Wildman–Crippen MR) is 89.2 cm³/mol. The zero-order valence-electron chi connectivity index (χ0n) is 12.6. The van der Waals surface area contributed by atoms with Crippen molar-refractivity contribution in [2.75, 3.05) is 6.61 Å². The van der Waals surface area contributed by atoms with Crippen molar-refractivity contribution in [1.82, 2.24) is 9.97 Å². The number of carbonyl (C=O) groups is 1. The van der Waals surface area contributed by atoms with Crippen LogP contribution in [0.1, 0.15) is 11.4 Å². The van der Waals surface area contributed by atoms with E-state index in [2.05, 4.69) is 16.0 Å². The molecule has 0 aliphatic heterocycles. The number of aromatic nitrogens is 2. The van der Waals surface area contributed by atoms with Gasteiger partial charge in [-0.1, -0.05) is 30.3 Å². The molecule has 0 radical (unpaired) electrons. The Balaban J connectivity index is 1.99. The molecule has 0 amide bonds. The first-order valence-electron chi connectivity index (χ1n) is 7.18. The van der Waals surface area contributed by atoms with Gasteiger partial charge in [-0.05, 0) is 24.3 Å². The Kier molecular flexibility index (Phi) is 4.25. The summed E-state index contributed by atoms with van der Waals surface area (Å²) >= 11 is 0. The highest BCUT2D eigenvalue weighted by Gasteiger charge is 2.10. The van der Waals surface area contributed by atoms with Crippen LogP contribution in [0.5, 0.6) is 5.75 Å². The monoisotopic (exact) mass is 319 g/mol. The molecule has 3 rings (SSSR count). The number of hydrogen-bond donors (Lipinski definition) is 2. The fourth-order valence-electron chi connectivity index (χ4n) is 2.26. The van der Waals surface area contributed by atoms with E-state index in [0.29, 0.717) is 22.7 Å². The number of fused-ring (bicyclic) bond motifs is 1. The smallest absolute Gasteiger partial charge is 0.341 e. The van der Waals surface area contributed by atoms with Gasteiger partial charge in [0.1, 0.15) is 17.6 Å². The SMILES string of the molecule is N#C/C(=C\c1ccccc1OCC(=O)O)c1nc2ccccc2[nH]1. The predicted octanol–water partition coefficient (Wildman–Crippen LogP) is 3.09. The van der Waals surface area contributed by atoms with Crippen LogP contribution in [0, 0.1) is 11.3 Å². The number of nitriles is 1. The molecule has 1 aromatic heterocycles. The first-order chi connectivity index (χ1) is 11.7. The summed E-state index contributed by atoms with van der Waals surface area (Å²) in [7, 11) is 0. The molecule has 0 fully saturated rings. The topological polar surface area (TPSA) is 99.0 Å². The summed E-state index contributed by atoms with van der Waals surface area (Å²) in [6, 6.07) is 16.5. The number of aliphatic carboxylic acids is 1. The summed E-state index contributed by atoms with van der Waals surface area (Å²) in [5.74, 6) is -0.220. The fourth-order valence-corrected chi connectivity index (χ4v) is 2.26. The van der Waals surface area contributed by atoms with Gasteiger partial charge in [-0.15, -0.1) is 0 Å². The molecule has 0 aliphatic carbocycles. The number of carboxylic acids is 1. The molecule has 3 aromatic rings. The van der Waals surface area contributed by atoms with Crippen LogP contribution in [-0.4, -0.2) is 27.7 Å². The lowest BCUT2D eigenvalue weighted by molar-refractivity contribution is -0.139. The van der Waals surface area contributed by atoms with Crippen LogP contribution >= 0.6 is 0 Å². The number of allylic oxidation sites excluding steroid dienone is 1. The van der Waals surface area contributed by atoms with Crippen molar-refractivity contribution < 1.29 is 14.6 Å². The van der Waals surface area contributed by atoms with Crippen molar-refractivity contribution in [3.05, 3.63) is 59.9 Å². The first-order valence-corrected chi connectivity index (χ1v) is 7.18. The van der Waals surface area contributed by atoms with Gasteiger partial charge in [0.2, 0.25) is 0 Å². The van der Waals surface area contributed by atoms with Crippen LogP contribution in [0.2, 0.25) is 0 Å². The van der Waals surface area contributed by atoms with Crippen LogP contribution in [0.15, 0.2) is 48.5 Å². The third-order valence-corrected chi connectivity index (χ3v) is 3.33. The molecule has 118 valence electrons. The first kappa shape index (κ1) is 15.3. The second-order valence-electron chi connectivity index (χ2n) is 4.99. The molecule has 6 nitrogen and oxygen atoms in total. The number of aromatic amines is 1. The summed E-state index contributed by atoms with van der Waals surface area (Å²) in [5.41, 5.74) is 2.54. The molecule has 2 aromatic carbocycles. The third kappa shape index (κ3) is 3.25. The van der Waals surface area contributed by atoms with Gasteiger partial charge in [0.25, 0.3) is 0 Å². The van der Waals surface area contributed by atoms with Gasteiger partial charge in [0.05, 0.1) is 16.6 Å². The molecule has 0 saturated heterocycles. The Morgan fingerprint density at radius 3 is 2.75 bits per heavy atom. The second-order valence-corrected chi connectivity index (χ2v) is 4.99. The van der Waals surface area contributed by atoms with Crippen molar-refractivity contribution in [1.29, 1.82) is 5.26 Å². The van der Waals surface area contributed by atoms with E-state index >= 15 is 0 Å². The van der Waals surface area contributed by atoms with E-state index in [9.17, 15) is 10.1 Å². The van der Waals surface area contributed by atoms with Crippen molar-refractivity contribution in [2.45, 2.75) is 0 Å². The number of para-hydroxylation sites is 3. The average Bonchev–Trinajstić information content (AvgIpc) is 3.02. The van der Waals surface area contributed by atoms with Gasteiger partial charge >= 0.3 is 5.97 Å². The van der Waals surface area contributed by atoms with E-state index in [0.717, 1.165) is 11.0 Å². The highest BCUT2D eigenvalue weighted by Crippen LogP contribution is 2.24. The zero-order chi connectivity index (χ0) is 16.9. The zero-order valence-corrected chi connectivity index (χ0v) is 12.6. The lowest BCUT2D eigenvalue weighted by Gasteiger charge is -2.07. The lowest BCUT2D eigenvalue weighted by Crippen LogP contribution is -2.09. The maximum atomic E-state index is 10.7. The summed E-state index contributed by atoms with van der Waals surface area (Å²) in [6.45, 7) is -0.447. The van der Waals surface area contributed by atoms with E-state index in [1.165, 1.54) is 0 Å². The lowest BCUT2D eigenvalue weighted by atomic mass is 10.1. The number of imidazole rings is 1. The van der Waals surface area contributed by atoms with Gasteiger partial charge in [0, 0.05) is 5.56 Å². The molecule has 0 aliphatic rings. The summed E-state index contributed by atoms with van der Waals surface area (Å²) in [4.78, 5) is 18.2. The molecule has 24 heavy (non-hydrogen) atoms. The van der Waals surface area contributed by atoms with Gasteiger partial charge in [-0.2, -0.15) is 5.26 Å². The summed E-state index contributed by atoms with van der Waals surface area (Å²) in [5, 5.41) is 18.2. The molecule has 0 saturated carbocycles. The van der Waals surface area contributed by atoms with E-state index in [1.54, 1.807) is 30.3 Å². The Morgan fingerprint density at radius 1 is 1.25 bits per heavy atom. The van der Waals surface area contributed by atoms with E-state index in [4.69, 9.17) is 9.84 Å². The van der Waals surface area contributed by atoms with Crippen molar-refractivity contribution in [3.8, 4) is 11.8 Å². The maximum Gasteiger partial charge on any atom is 0.341 e. The molecule has 2 N–H and O–H groups in total. The minimum Gasteiger partial charge on any atom is -0.481 e. The van der Waals surface area contributed by atoms with E-state index in [1.807, 2.05) is 24.3 Å². The molecule has 1 heterocycles. The van der Waals surface area contributed by atoms with Crippen LogP contribution in [0.4, 0.5) is 0 Å². The Morgan fingerprint density at radius 2 is 2.00 bits per heavy atom.